The van der Waals surface area contributed by atoms with Crippen LogP contribution < -0.4 is 10.2 Å². The van der Waals surface area contributed by atoms with Crippen molar-refractivity contribution in [3.8, 4) is 0 Å². The van der Waals surface area contributed by atoms with Gasteiger partial charge >= 0.3 is 0 Å². The van der Waals surface area contributed by atoms with Crippen molar-refractivity contribution < 1.29 is 9.59 Å². The van der Waals surface area contributed by atoms with Crippen LogP contribution in [0.25, 0.3) is 6.08 Å². The van der Waals surface area contributed by atoms with Crippen LogP contribution in [0, 0.1) is 5.21 Å². The summed E-state index contributed by atoms with van der Waals surface area (Å²) in [7, 11) is 0. The molecule has 3 aromatic carbocycles. The SMILES string of the molecule is C=CN([O-])C(=O)C(C/C=C/c1ccc(N(c2ccccc2)c2ncccn2)cc1)NC(=O)c1c(Cl)cccc1Cl. The molecule has 1 heterocycles. The van der Waals surface area contributed by atoms with E-state index in [2.05, 4.69) is 21.9 Å². The monoisotopic (exact) mass is 572 g/mol. The number of para-hydroxylation sites is 1. The average Bonchev–Trinajstić information content (AvgIpc) is 2.98. The molecule has 4 aromatic rings. The van der Waals surface area contributed by atoms with Crippen molar-refractivity contribution >= 4 is 58.4 Å². The van der Waals surface area contributed by atoms with E-state index in [1.165, 1.54) is 12.1 Å². The minimum atomic E-state index is -1.17. The Kier molecular flexibility index (Phi) is 9.64. The van der Waals surface area contributed by atoms with Crippen LogP contribution in [-0.4, -0.2) is 32.9 Å². The van der Waals surface area contributed by atoms with Gasteiger partial charge in [0.2, 0.25) is 11.9 Å². The quantitative estimate of drug-likeness (QED) is 0.207. The van der Waals surface area contributed by atoms with E-state index in [-0.39, 0.29) is 27.1 Å². The molecule has 0 aliphatic carbocycles. The number of aromatic nitrogens is 2. The number of hydrogen-bond donors (Lipinski definition) is 1. The van der Waals surface area contributed by atoms with Crippen LogP contribution in [0.1, 0.15) is 22.3 Å². The van der Waals surface area contributed by atoms with E-state index in [4.69, 9.17) is 23.2 Å². The molecule has 1 atom stereocenters. The van der Waals surface area contributed by atoms with Crippen molar-refractivity contribution in [1.29, 1.82) is 0 Å². The van der Waals surface area contributed by atoms with Crippen molar-refractivity contribution in [2.45, 2.75) is 12.5 Å². The third-order valence-electron chi connectivity index (χ3n) is 5.78. The van der Waals surface area contributed by atoms with Crippen molar-refractivity contribution in [3.63, 3.8) is 0 Å². The molecular formula is C30H24Cl2N5O3-. The van der Waals surface area contributed by atoms with Gasteiger partial charge in [0.25, 0.3) is 5.91 Å². The first-order valence-electron chi connectivity index (χ1n) is 12.2. The molecule has 0 spiro atoms. The van der Waals surface area contributed by atoms with Crippen molar-refractivity contribution in [2.75, 3.05) is 4.90 Å². The predicted octanol–water partition coefficient (Wildman–Crippen LogP) is 6.93. The lowest BCUT2D eigenvalue weighted by Gasteiger charge is -2.28. The largest absolute Gasteiger partial charge is 0.752 e. The number of hydrogen-bond acceptors (Lipinski definition) is 6. The fourth-order valence-corrected chi connectivity index (χ4v) is 4.42. The molecule has 202 valence electrons. The van der Waals surface area contributed by atoms with Crippen LogP contribution in [-0.2, 0) is 4.79 Å². The highest BCUT2D eigenvalue weighted by Crippen LogP contribution is 2.31. The van der Waals surface area contributed by atoms with Crippen LogP contribution in [0.4, 0.5) is 17.3 Å². The highest BCUT2D eigenvalue weighted by atomic mass is 35.5. The second-order valence-corrected chi connectivity index (χ2v) is 9.23. The lowest BCUT2D eigenvalue weighted by Crippen LogP contribution is -2.45. The molecule has 0 radical (unpaired) electrons. The Morgan fingerprint density at radius 1 is 0.900 bits per heavy atom. The third-order valence-corrected chi connectivity index (χ3v) is 6.41. The Bertz CT molecular complexity index is 1440. The second-order valence-electron chi connectivity index (χ2n) is 8.42. The number of carbonyl (C=O) groups excluding carboxylic acids is 2. The van der Waals surface area contributed by atoms with E-state index in [1.54, 1.807) is 36.7 Å². The van der Waals surface area contributed by atoms with Crippen LogP contribution in [0.3, 0.4) is 0 Å². The molecule has 4 rings (SSSR count). The Balaban J connectivity index is 1.52. The van der Waals surface area contributed by atoms with Crippen molar-refractivity contribution in [1.82, 2.24) is 20.3 Å². The lowest BCUT2D eigenvalue weighted by atomic mass is 10.1. The molecule has 1 N–H and O–H groups in total. The number of amides is 2. The molecule has 2 amide bonds. The summed E-state index contributed by atoms with van der Waals surface area (Å²) in [6.45, 7) is 3.33. The first-order chi connectivity index (χ1) is 19.4. The molecule has 0 aliphatic rings. The molecule has 10 heteroatoms. The van der Waals surface area contributed by atoms with Gasteiger partial charge in [-0.3, -0.25) is 14.5 Å². The summed E-state index contributed by atoms with van der Waals surface area (Å²) in [5.74, 6) is -1.03. The summed E-state index contributed by atoms with van der Waals surface area (Å²) >= 11 is 12.3. The van der Waals surface area contributed by atoms with Crippen molar-refractivity contribution in [3.05, 3.63) is 136 Å². The maximum Gasteiger partial charge on any atom is 0.254 e. The molecule has 0 fully saturated rings. The number of nitrogens with one attached hydrogen (secondary N) is 1. The predicted molar refractivity (Wildman–Crippen MR) is 158 cm³/mol. The number of carbonyl (C=O) groups is 2. The fourth-order valence-electron chi connectivity index (χ4n) is 3.85. The molecule has 8 nitrogen and oxygen atoms in total. The number of anilines is 3. The molecule has 0 saturated carbocycles. The van der Waals surface area contributed by atoms with E-state index in [0.29, 0.717) is 5.95 Å². The minimum absolute atomic E-state index is 0.0182. The summed E-state index contributed by atoms with van der Waals surface area (Å²) in [5.41, 5.74) is 2.60. The fraction of sp³-hybridized carbons (Fsp3) is 0.0667. The van der Waals surface area contributed by atoms with Gasteiger partial charge in [0.1, 0.15) is 6.04 Å². The Labute approximate surface area is 241 Å². The number of rotatable bonds is 10. The highest BCUT2D eigenvalue weighted by Gasteiger charge is 2.23. The zero-order valence-corrected chi connectivity index (χ0v) is 22.7. The van der Waals surface area contributed by atoms with Gasteiger partial charge in [-0.05, 0) is 60.6 Å². The van der Waals surface area contributed by atoms with E-state index >= 15 is 0 Å². The smallest absolute Gasteiger partial charge is 0.254 e. The van der Waals surface area contributed by atoms with E-state index in [0.717, 1.165) is 23.1 Å². The molecular weight excluding hydrogens is 549 g/mol. The standard InChI is InChI=1S/C30H24Cl2N5O3/c1-2-36(40)29(39)26(35-28(38)27-24(31)12-7-13-25(27)32)14-6-9-21-15-17-23(18-16-21)37(22-10-4-3-5-11-22)30-33-19-8-20-34-30/h2-13,15-20,26H,1,14H2,(H,35,38)/q-1/b9-6+. The van der Waals surface area contributed by atoms with Crippen LogP contribution in [0.5, 0.6) is 0 Å². The van der Waals surface area contributed by atoms with Gasteiger partial charge in [0.05, 0.1) is 15.6 Å². The maximum atomic E-state index is 12.9. The minimum Gasteiger partial charge on any atom is -0.752 e. The number of nitrogens with zero attached hydrogens (tertiary/aromatic N) is 4. The molecule has 1 unspecified atom stereocenters. The van der Waals surface area contributed by atoms with Crippen LogP contribution in [0.2, 0.25) is 10.0 Å². The van der Waals surface area contributed by atoms with Gasteiger partial charge in [-0.2, -0.15) is 0 Å². The van der Waals surface area contributed by atoms with Gasteiger partial charge in [-0.25, -0.2) is 9.97 Å². The average molecular weight is 573 g/mol. The molecule has 0 saturated heterocycles. The van der Waals surface area contributed by atoms with Gasteiger partial charge in [0.15, 0.2) is 0 Å². The summed E-state index contributed by atoms with van der Waals surface area (Å²) in [5, 5.41) is 14.9. The Morgan fingerprint density at radius 3 is 2.15 bits per heavy atom. The Morgan fingerprint density at radius 2 is 1.52 bits per heavy atom. The van der Waals surface area contributed by atoms with Crippen LogP contribution >= 0.6 is 23.2 Å². The Hall–Kier alpha value is -4.50. The number of hydroxylamine groups is 2. The van der Waals surface area contributed by atoms with E-state index in [9.17, 15) is 14.8 Å². The summed E-state index contributed by atoms with van der Waals surface area (Å²) in [4.78, 5) is 36.2. The first kappa shape index (κ1) is 28.5. The highest BCUT2D eigenvalue weighted by molar-refractivity contribution is 6.39. The maximum absolute atomic E-state index is 12.9. The molecule has 0 bridgehead atoms. The topological polar surface area (TPSA) is 101 Å². The zero-order valence-electron chi connectivity index (χ0n) is 21.2. The third kappa shape index (κ3) is 6.92. The van der Waals surface area contributed by atoms with Gasteiger partial charge in [0, 0.05) is 23.8 Å². The number of halogens is 2. The number of benzene rings is 3. The van der Waals surface area contributed by atoms with Gasteiger partial charge in [-0.1, -0.05) is 78.3 Å². The molecule has 1 aromatic heterocycles. The van der Waals surface area contributed by atoms with Crippen LogP contribution in [0.15, 0.2) is 110 Å². The van der Waals surface area contributed by atoms with E-state index in [1.807, 2.05) is 59.5 Å². The van der Waals surface area contributed by atoms with Crippen molar-refractivity contribution in [2.24, 2.45) is 0 Å². The first-order valence-corrected chi connectivity index (χ1v) is 12.9. The lowest BCUT2D eigenvalue weighted by molar-refractivity contribution is -0.128. The zero-order chi connectivity index (χ0) is 28.5. The van der Waals surface area contributed by atoms with Gasteiger partial charge in [-0.15, -0.1) is 0 Å². The summed E-state index contributed by atoms with van der Waals surface area (Å²) in [6, 6.07) is 22.6. The summed E-state index contributed by atoms with van der Waals surface area (Å²) < 4.78 is 0. The normalized spacial score (nSPS) is 11.6. The van der Waals surface area contributed by atoms with E-state index < -0.39 is 17.9 Å². The summed E-state index contributed by atoms with van der Waals surface area (Å²) in [6.07, 6.45) is 7.71. The van der Waals surface area contributed by atoms with Gasteiger partial charge < -0.3 is 15.6 Å². The second kappa shape index (κ2) is 13.5. The molecule has 40 heavy (non-hydrogen) atoms. The molecule has 0 aliphatic heterocycles.